The van der Waals surface area contributed by atoms with Crippen LogP contribution in [0.25, 0.3) is 0 Å². The van der Waals surface area contributed by atoms with Crippen LogP contribution in [-0.2, 0) is 16.0 Å². The van der Waals surface area contributed by atoms with Gasteiger partial charge in [0.05, 0.1) is 0 Å². The Labute approximate surface area is 115 Å². The standard InChI is InChI=1S/C13H17NO4S/c1-13(2,3)18-12(17)14-6-4-9-8(5-7-19-9)10(14)11(15)16/h5,7,10H,4,6H2,1-3H3,(H,15,16)/t10-/m0/s1. The Hall–Kier alpha value is -1.56. The van der Waals surface area contributed by atoms with Crippen molar-refractivity contribution in [1.82, 2.24) is 4.90 Å². The minimum atomic E-state index is -1.02. The van der Waals surface area contributed by atoms with E-state index in [2.05, 4.69) is 0 Å². The predicted octanol–water partition coefficient (Wildman–Crippen LogP) is 2.67. The molecule has 1 atom stereocenters. The fourth-order valence-corrected chi connectivity index (χ4v) is 3.00. The van der Waals surface area contributed by atoms with Gasteiger partial charge in [0.2, 0.25) is 0 Å². The molecule has 0 fully saturated rings. The van der Waals surface area contributed by atoms with Crippen molar-refractivity contribution in [3.63, 3.8) is 0 Å². The van der Waals surface area contributed by atoms with E-state index in [0.29, 0.717) is 18.5 Å². The van der Waals surface area contributed by atoms with Crippen LogP contribution < -0.4 is 0 Å². The molecule has 0 unspecified atom stereocenters. The van der Waals surface area contributed by atoms with Crippen molar-refractivity contribution < 1.29 is 19.4 Å². The highest BCUT2D eigenvalue weighted by molar-refractivity contribution is 7.10. The largest absolute Gasteiger partial charge is 0.479 e. The lowest BCUT2D eigenvalue weighted by Crippen LogP contribution is -2.45. The molecular weight excluding hydrogens is 266 g/mol. The van der Waals surface area contributed by atoms with Crippen molar-refractivity contribution in [1.29, 1.82) is 0 Å². The Bertz CT molecular complexity index is 503. The van der Waals surface area contributed by atoms with E-state index in [9.17, 15) is 14.7 Å². The van der Waals surface area contributed by atoms with Crippen LogP contribution in [0.15, 0.2) is 11.4 Å². The molecule has 19 heavy (non-hydrogen) atoms. The number of carboxylic acids is 1. The second-order valence-electron chi connectivity index (χ2n) is 5.46. The Morgan fingerprint density at radius 3 is 2.74 bits per heavy atom. The zero-order chi connectivity index (χ0) is 14.2. The number of aliphatic carboxylic acids is 1. The van der Waals surface area contributed by atoms with E-state index in [0.717, 1.165) is 4.88 Å². The van der Waals surface area contributed by atoms with Crippen molar-refractivity contribution in [3.05, 3.63) is 21.9 Å². The number of carbonyl (C=O) groups is 2. The second kappa shape index (κ2) is 4.85. The number of amides is 1. The van der Waals surface area contributed by atoms with Gasteiger partial charge in [0.15, 0.2) is 6.04 Å². The summed E-state index contributed by atoms with van der Waals surface area (Å²) in [5, 5.41) is 11.2. The molecule has 0 spiro atoms. The molecule has 104 valence electrons. The summed E-state index contributed by atoms with van der Waals surface area (Å²) in [5.74, 6) is -1.02. The molecule has 0 radical (unpaired) electrons. The number of hydrogen-bond donors (Lipinski definition) is 1. The van der Waals surface area contributed by atoms with Crippen LogP contribution in [0.5, 0.6) is 0 Å². The van der Waals surface area contributed by atoms with Gasteiger partial charge in [-0.05, 0) is 44.2 Å². The Kier molecular flexibility index (Phi) is 3.54. The molecule has 1 aromatic heterocycles. The first kappa shape index (κ1) is 13.9. The van der Waals surface area contributed by atoms with Crippen molar-refractivity contribution in [2.75, 3.05) is 6.54 Å². The van der Waals surface area contributed by atoms with E-state index in [1.165, 1.54) is 16.2 Å². The van der Waals surface area contributed by atoms with Gasteiger partial charge in [-0.3, -0.25) is 4.90 Å². The van der Waals surface area contributed by atoms with E-state index in [-0.39, 0.29) is 0 Å². The normalized spacial score (nSPS) is 18.9. The summed E-state index contributed by atoms with van der Waals surface area (Å²) in [6.07, 6.45) is 0.104. The molecule has 1 N–H and O–H groups in total. The van der Waals surface area contributed by atoms with Gasteiger partial charge in [-0.1, -0.05) is 0 Å². The summed E-state index contributed by atoms with van der Waals surface area (Å²) >= 11 is 1.53. The summed E-state index contributed by atoms with van der Waals surface area (Å²) in [5.41, 5.74) is 0.0734. The Morgan fingerprint density at radius 2 is 2.16 bits per heavy atom. The maximum atomic E-state index is 12.1. The number of fused-ring (bicyclic) bond motifs is 1. The van der Waals surface area contributed by atoms with Crippen LogP contribution in [0.4, 0.5) is 4.79 Å². The van der Waals surface area contributed by atoms with Crippen LogP contribution >= 0.6 is 11.3 Å². The van der Waals surface area contributed by atoms with Gasteiger partial charge < -0.3 is 9.84 Å². The summed E-state index contributed by atoms with van der Waals surface area (Å²) in [7, 11) is 0. The topological polar surface area (TPSA) is 66.8 Å². The highest BCUT2D eigenvalue weighted by atomic mass is 32.1. The highest BCUT2D eigenvalue weighted by Crippen LogP contribution is 2.34. The first-order valence-corrected chi connectivity index (χ1v) is 6.96. The van der Waals surface area contributed by atoms with E-state index < -0.39 is 23.7 Å². The van der Waals surface area contributed by atoms with Crippen LogP contribution in [0.2, 0.25) is 0 Å². The molecule has 1 aliphatic heterocycles. The maximum absolute atomic E-state index is 12.1. The zero-order valence-corrected chi connectivity index (χ0v) is 12.0. The van der Waals surface area contributed by atoms with Crippen LogP contribution in [0.1, 0.15) is 37.3 Å². The summed E-state index contributed by atoms with van der Waals surface area (Å²) in [6.45, 7) is 5.67. The van der Waals surface area contributed by atoms with E-state index >= 15 is 0 Å². The first-order valence-electron chi connectivity index (χ1n) is 6.08. The van der Waals surface area contributed by atoms with Gasteiger partial charge >= 0.3 is 12.1 Å². The van der Waals surface area contributed by atoms with Crippen LogP contribution in [0.3, 0.4) is 0 Å². The van der Waals surface area contributed by atoms with Gasteiger partial charge in [-0.15, -0.1) is 11.3 Å². The molecule has 6 heteroatoms. The van der Waals surface area contributed by atoms with Crippen molar-refractivity contribution in [3.8, 4) is 0 Å². The SMILES string of the molecule is CC(C)(C)OC(=O)N1CCc2sccc2[C@H]1C(=O)O. The van der Waals surface area contributed by atoms with Gasteiger partial charge in [0.25, 0.3) is 0 Å². The Balaban J connectivity index is 2.27. The van der Waals surface area contributed by atoms with E-state index in [4.69, 9.17) is 4.74 Å². The van der Waals surface area contributed by atoms with Gasteiger partial charge in [0, 0.05) is 11.4 Å². The highest BCUT2D eigenvalue weighted by Gasteiger charge is 2.38. The fourth-order valence-electron chi connectivity index (χ4n) is 2.10. The van der Waals surface area contributed by atoms with E-state index in [1.54, 1.807) is 26.8 Å². The van der Waals surface area contributed by atoms with Crippen LogP contribution in [0, 0.1) is 0 Å². The maximum Gasteiger partial charge on any atom is 0.411 e. The molecule has 2 heterocycles. The smallest absolute Gasteiger partial charge is 0.411 e. The quantitative estimate of drug-likeness (QED) is 0.860. The first-order chi connectivity index (χ1) is 8.79. The number of nitrogens with zero attached hydrogens (tertiary/aromatic N) is 1. The average Bonchev–Trinajstić information content (AvgIpc) is 2.72. The monoisotopic (exact) mass is 283 g/mol. The summed E-state index contributed by atoms with van der Waals surface area (Å²) in [6, 6.07) is 0.833. The Morgan fingerprint density at radius 1 is 1.47 bits per heavy atom. The van der Waals surface area contributed by atoms with Gasteiger partial charge in [-0.2, -0.15) is 0 Å². The molecule has 1 aliphatic rings. The molecule has 1 amide bonds. The average molecular weight is 283 g/mol. The van der Waals surface area contributed by atoms with Gasteiger partial charge in [-0.25, -0.2) is 9.59 Å². The third-order valence-electron chi connectivity index (χ3n) is 2.83. The zero-order valence-electron chi connectivity index (χ0n) is 11.2. The second-order valence-corrected chi connectivity index (χ2v) is 6.46. The minimum Gasteiger partial charge on any atom is -0.479 e. The number of hydrogen-bond acceptors (Lipinski definition) is 4. The molecule has 0 bridgehead atoms. The number of ether oxygens (including phenoxy) is 1. The third kappa shape index (κ3) is 2.89. The predicted molar refractivity (Wildman–Crippen MR) is 71.3 cm³/mol. The number of carboxylic acid groups (broad SMARTS) is 1. The minimum absolute atomic E-state index is 0.374. The molecule has 5 nitrogen and oxygen atoms in total. The fraction of sp³-hybridized carbons (Fsp3) is 0.538. The molecule has 2 rings (SSSR count). The molecule has 0 saturated carbocycles. The molecule has 0 aromatic carbocycles. The lowest BCUT2D eigenvalue weighted by Gasteiger charge is -2.34. The number of carbonyl (C=O) groups excluding carboxylic acids is 1. The van der Waals surface area contributed by atoms with Crippen molar-refractivity contribution >= 4 is 23.4 Å². The van der Waals surface area contributed by atoms with Crippen molar-refractivity contribution in [2.45, 2.75) is 38.8 Å². The molecular formula is C13H17NO4S. The third-order valence-corrected chi connectivity index (χ3v) is 3.82. The van der Waals surface area contributed by atoms with Crippen LogP contribution in [-0.4, -0.2) is 34.2 Å². The number of rotatable bonds is 1. The molecule has 0 saturated heterocycles. The van der Waals surface area contributed by atoms with Gasteiger partial charge in [0.1, 0.15) is 5.60 Å². The lowest BCUT2D eigenvalue weighted by molar-refractivity contribution is -0.143. The van der Waals surface area contributed by atoms with Crippen molar-refractivity contribution in [2.24, 2.45) is 0 Å². The lowest BCUT2D eigenvalue weighted by atomic mass is 10.0. The molecule has 0 aliphatic carbocycles. The van der Waals surface area contributed by atoms with E-state index in [1.807, 2.05) is 5.38 Å². The molecule has 1 aromatic rings. The summed E-state index contributed by atoms with van der Waals surface area (Å²) < 4.78 is 5.28. The number of thiophene rings is 1. The summed E-state index contributed by atoms with van der Waals surface area (Å²) in [4.78, 5) is 25.9.